The summed E-state index contributed by atoms with van der Waals surface area (Å²) in [6.45, 7) is 8.64. The fourth-order valence-electron chi connectivity index (χ4n) is 3.21. The number of aryl methyl sites for hydroxylation is 1. The summed E-state index contributed by atoms with van der Waals surface area (Å²) in [5, 5.41) is 3.22. The van der Waals surface area contributed by atoms with Gasteiger partial charge in [-0.2, -0.15) is 0 Å². The molecule has 0 spiro atoms. The Morgan fingerprint density at radius 1 is 1.32 bits per heavy atom. The number of rotatable bonds is 2. The number of hydrogen-bond donors (Lipinski definition) is 1. The summed E-state index contributed by atoms with van der Waals surface area (Å²) in [6.07, 6.45) is 6.36. The van der Waals surface area contributed by atoms with Crippen LogP contribution in [-0.2, 0) is 0 Å². The van der Waals surface area contributed by atoms with Gasteiger partial charge in [0.25, 0.3) is 5.91 Å². The molecule has 0 aliphatic heterocycles. The van der Waals surface area contributed by atoms with Crippen LogP contribution in [-0.4, -0.2) is 11.9 Å². The van der Waals surface area contributed by atoms with Gasteiger partial charge in [-0.15, -0.1) is 0 Å². The van der Waals surface area contributed by atoms with Gasteiger partial charge in [0, 0.05) is 6.04 Å². The topological polar surface area (TPSA) is 42.2 Å². The van der Waals surface area contributed by atoms with Crippen molar-refractivity contribution in [2.24, 2.45) is 11.3 Å². The van der Waals surface area contributed by atoms with Crippen LogP contribution in [0.2, 0.25) is 0 Å². The van der Waals surface area contributed by atoms with E-state index in [0.717, 1.165) is 6.42 Å². The van der Waals surface area contributed by atoms with E-state index < -0.39 is 0 Å². The Hall–Kier alpha value is -1.25. The van der Waals surface area contributed by atoms with E-state index in [2.05, 4.69) is 26.1 Å². The second-order valence-corrected chi connectivity index (χ2v) is 6.73. The molecule has 0 saturated heterocycles. The molecule has 1 N–H and O–H groups in total. The SMILES string of the molecule is Cc1occc1C(=O)NC1CCCCC1C(C)(C)C. The first kappa shape index (κ1) is 14.2. The Labute approximate surface area is 115 Å². The number of furan rings is 1. The van der Waals surface area contributed by atoms with E-state index in [0.29, 0.717) is 17.2 Å². The second-order valence-electron chi connectivity index (χ2n) is 6.73. The summed E-state index contributed by atoms with van der Waals surface area (Å²) >= 11 is 0. The van der Waals surface area contributed by atoms with Crippen molar-refractivity contribution in [3.63, 3.8) is 0 Å². The van der Waals surface area contributed by atoms with Gasteiger partial charge in [0.1, 0.15) is 5.76 Å². The van der Waals surface area contributed by atoms with E-state index in [-0.39, 0.29) is 17.4 Å². The van der Waals surface area contributed by atoms with Gasteiger partial charge in [-0.25, -0.2) is 0 Å². The third kappa shape index (κ3) is 3.20. The number of nitrogens with one attached hydrogen (secondary N) is 1. The van der Waals surface area contributed by atoms with Crippen LogP contribution in [0.25, 0.3) is 0 Å². The molecular weight excluding hydrogens is 238 g/mol. The minimum atomic E-state index is 0.00685. The summed E-state index contributed by atoms with van der Waals surface area (Å²) in [5.41, 5.74) is 0.905. The fourth-order valence-corrected chi connectivity index (χ4v) is 3.21. The molecule has 0 bridgehead atoms. The molecule has 19 heavy (non-hydrogen) atoms. The molecule has 2 rings (SSSR count). The highest BCUT2D eigenvalue weighted by molar-refractivity contribution is 5.95. The van der Waals surface area contributed by atoms with Crippen molar-refractivity contribution in [1.82, 2.24) is 5.32 Å². The molecule has 1 fully saturated rings. The summed E-state index contributed by atoms with van der Waals surface area (Å²) in [7, 11) is 0. The Morgan fingerprint density at radius 3 is 2.58 bits per heavy atom. The summed E-state index contributed by atoms with van der Waals surface area (Å²) in [5.74, 6) is 1.26. The van der Waals surface area contributed by atoms with Crippen molar-refractivity contribution in [3.05, 3.63) is 23.7 Å². The van der Waals surface area contributed by atoms with Gasteiger partial charge in [-0.1, -0.05) is 33.6 Å². The van der Waals surface area contributed by atoms with E-state index in [1.807, 2.05) is 6.92 Å². The predicted molar refractivity (Wildman–Crippen MR) is 76.1 cm³/mol. The third-order valence-corrected chi connectivity index (χ3v) is 4.30. The van der Waals surface area contributed by atoms with Crippen molar-refractivity contribution >= 4 is 5.91 Å². The normalized spacial score (nSPS) is 24.2. The third-order valence-electron chi connectivity index (χ3n) is 4.30. The van der Waals surface area contributed by atoms with Gasteiger partial charge in [0.05, 0.1) is 11.8 Å². The van der Waals surface area contributed by atoms with Crippen LogP contribution >= 0.6 is 0 Å². The lowest BCUT2D eigenvalue weighted by Gasteiger charge is -2.40. The van der Waals surface area contributed by atoms with E-state index in [9.17, 15) is 4.79 Å². The molecule has 3 heteroatoms. The maximum absolute atomic E-state index is 12.3. The quantitative estimate of drug-likeness (QED) is 0.878. The Balaban J connectivity index is 2.08. The van der Waals surface area contributed by atoms with Crippen LogP contribution < -0.4 is 5.32 Å². The second kappa shape index (κ2) is 5.40. The Kier molecular flexibility index (Phi) is 4.02. The van der Waals surface area contributed by atoms with Crippen LogP contribution in [0.15, 0.2) is 16.7 Å². The monoisotopic (exact) mass is 263 g/mol. The minimum Gasteiger partial charge on any atom is -0.469 e. The average Bonchev–Trinajstić information content (AvgIpc) is 2.75. The lowest BCUT2D eigenvalue weighted by molar-refractivity contribution is 0.0828. The Bertz CT molecular complexity index is 442. The Morgan fingerprint density at radius 2 is 2.00 bits per heavy atom. The molecule has 1 aromatic heterocycles. The molecule has 0 radical (unpaired) electrons. The number of carbonyl (C=O) groups is 1. The maximum atomic E-state index is 12.3. The zero-order chi connectivity index (χ0) is 14.0. The molecular formula is C16H25NO2. The molecule has 2 atom stereocenters. The lowest BCUT2D eigenvalue weighted by Crippen LogP contribution is -2.46. The van der Waals surface area contributed by atoms with Crippen molar-refractivity contribution in [2.45, 2.75) is 59.4 Å². The first-order chi connectivity index (χ1) is 8.89. The van der Waals surface area contributed by atoms with Crippen LogP contribution in [0.3, 0.4) is 0 Å². The molecule has 0 aromatic carbocycles. The molecule has 3 nitrogen and oxygen atoms in total. The molecule has 1 heterocycles. The minimum absolute atomic E-state index is 0.00685. The van der Waals surface area contributed by atoms with Gasteiger partial charge in [0.2, 0.25) is 0 Å². The van der Waals surface area contributed by atoms with Gasteiger partial charge in [-0.3, -0.25) is 4.79 Å². The number of hydrogen-bond acceptors (Lipinski definition) is 2. The molecule has 1 aliphatic carbocycles. The zero-order valence-electron chi connectivity index (χ0n) is 12.5. The molecule has 1 saturated carbocycles. The molecule has 2 unspecified atom stereocenters. The predicted octanol–water partition coefficient (Wildman–Crippen LogP) is 3.92. The van der Waals surface area contributed by atoms with Crippen LogP contribution in [0.1, 0.15) is 62.6 Å². The largest absolute Gasteiger partial charge is 0.469 e. The van der Waals surface area contributed by atoms with E-state index in [1.54, 1.807) is 12.3 Å². The first-order valence-corrected chi connectivity index (χ1v) is 7.24. The highest BCUT2D eigenvalue weighted by Gasteiger charge is 2.35. The smallest absolute Gasteiger partial charge is 0.255 e. The average molecular weight is 263 g/mol. The van der Waals surface area contributed by atoms with Crippen molar-refractivity contribution in [1.29, 1.82) is 0 Å². The van der Waals surface area contributed by atoms with Crippen LogP contribution in [0.5, 0.6) is 0 Å². The first-order valence-electron chi connectivity index (χ1n) is 7.24. The van der Waals surface area contributed by atoms with Crippen molar-refractivity contribution in [2.75, 3.05) is 0 Å². The van der Waals surface area contributed by atoms with Gasteiger partial charge in [0.15, 0.2) is 0 Å². The number of amides is 1. The highest BCUT2D eigenvalue weighted by atomic mass is 16.3. The number of carbonyl (C=O) groups excluding carboxylic acids is 1. The van der Waals surface area contributed by atoms with E-state index >= 15 is 0 Å². The summed E-state index contributed by atoms with van der Waals surface area (Å²) < 4.78 is 5.21. The van der Waals surface area contributed by atoms with Crippen LogP contribution in [0.4, 0.5) is 0 Å². The van der Waals surface area contributed by atoms with Crippen LogP contribution in [0, 0.1) is 18.3 Å². The fraction of sp³-hybridized carbons (Fsp3) is 0.688. The van der Waals surface area contributed by atoms with Crippen molar-refractivity contribution < 1.29 is 9.21 Å². The van der Waals surface area contributed by atoms with Gasteiger partial charge in [-0.05, 0) is 37.2 Å². The van der Waals surface area contributed by atoms with E-state index in [4.69, 9.17) is 4.42 Å². The molecule has 106 valence electrons. The maximum Gasteiger partial charge on any atom is 0.255 e. The molecule has 1 aliphatic rings. The van der Waals surface area contributed by atoms with Gasteiger partial charge >= 0.3 is 0 Å². The summed E-state index contributed by atoms with van der Waals surface area (Å²) in [6, 6.07) is 2.04. The zero-order valence-corrected chi connectivity index (χ0v) is 12.5. The lowest BCUT2D eigenvalue weighted by atomic mass is 9.69. The van der Waals surface area contributed by atoms with Gasteiger partial charge < -0.3 is 9.73 Å². The summed E-state index contributed by atoms with van der Waals surface area (Å²) in [4.78, 5) is 12.3. The molecule has 1 amide bonds. The van der Waals surface area contributed by atoms with E-state index in [1.165, 1.54) is 19.3 Å². The molecule has 1 aromatic rings. The standard InChI is InChI=1S/C16H25NO2/c1-11-12(9-10-19-11)15(18)17-14-8-6-5-7-13(14)16(2,3)4/h9-10,13-14H,5-8H2,1-4H3,(H,17,18). The highest BCUT2D eigenvalue weighted by Crippen LogP contribution is 2.38. The van der Waals surface area contributed by atoms with Crippen molar-refractivity contribution in [3.8, 4) is 0 Å².